The molecule has 0 radical (unpaired) electrons. The quantitative estimate of drug-likeness (QED) is 0.861. The van der Waals surface area contributed by atoms with Gasteiger partial charge in [-0.3, -0.25) is 0 Å². The third-order valence-corrected chi connectivity index (χ3v) is 4.83. The minimum Gasteiger partial charge on any atom is -0.387 e. The molecule has 1 fully saturated rings. The lowest BCUT2D eigenvalue weighted by molar-refractivity contribution is 0.165. The summed E-state index contributed by atoms with van der Waals surface area (Å²) in [7, 11) is 0. The molecule has 0 heterocycles. The van der Waals surface area contributed by atoms with Crippen LogP contribution in [0.1, 0.15) is 44.8 Å². The Morgan fingerprint density at radius 2 is 2.00 bits per heavy atom. The van der Waals surface area contributed by atoms with Crippen LogP contribution in [0.4, 0.5) is 0 Å². The van der Waals surface area contributed by atoms with E-state index in [0.29, 0.717) is 23.5 Å². The Kier molecular flexibility index (Phi) is 5.26. The molecule has 106 valence electrons. The largest absolute Gasteiger partial charge is 0.387 e. The van der Waals surface area contributed by atoms with Gasteiger partial charge in [-0.15, -0.1) is 0 Å². The van der Waals surface area contributed by atoms with Gasteiger partial charge in [0, 0.05) is 17.6 Å². The lowest BCUT2D eigenvalue weighted by Crippen LogP contribution is -2.35. The van der Waals surface area contributed by atoms with Crippen molar-refractivity contribution < 1.29 is 5.11 Å². The number of benzene rings is 1. The van der Waals surface area contributed by atoms with Crippen molar-refractivity contribution in [2.75, 3.05) is 6.54 Å². The number of rotatable bonds is 5. The van der Waals surface area contributed by atoms with Gasteiger partial charge in [-0.05, 0) is 42.4 Å². The Morgan fingerprint density at radius 3 is 2.58 bits per heavy atom. The van der Waals surface area contributed by atoms with E-state index in [4.69, 9.17) is 11.6 Å². The minimum atomic E-state index is -0.454. The second-order valence-corrected chi connectivity index (χ2v) is 6.12. The SMILES string of the molecule is CCC1CCC(NCC(O)c2ccc(Cl)cc2)C1C. The zero-order valence-corrected chi connectivity index (χ0v) is 12.5. The first kappa shape index (κ1) is 14.8. The van der Waals surface area contributed by atoms with Crippen molar-refractivity contribution in [3.05, 3.63) is 34.9 Å². The van der Waals surface area contributed by atoms with Crippen LogP contribution in [0.5, 0.6) is 0 Å². The first-order valence-corrected chi connectivity index (χ1v) is 7.66. The summed E-state index contributed by atoms with van der Waals surface area (Å²) in [5.41, 5.74) is 0.926. The number of hydrogen-bond acceptors (Lipinski definition) is 2. The second kappa shape index (κ2) is 6.74. The zero-order chi connectivity index (χ0) is 13.8. The summed E-state index contributed by atoms with van der Waals surface area (Å²) in [5, 5.41) is 14.4. The Bertz CT molecular complexity index is 392. The molecule has 2 nitrogen and oxygen atoms in total. The van der Waals surface area contributed by atoms with Crippen LogP contribution in [0.2, 0.25) is 5.02 Å². The molecule has 19 heavy (non-hydrogen) atoms. The van der Waals surface area contributed by atoms with E-state index >= 15 is 0 Å². The summed E-state index contributed by atoms with van der Waals surface area (Å²) < 4.78 is 0. The van der Waals surface area contributed by atoms with E-state index in [1.165, 1.54) is 19.3 Å². The maximum atomic E-state index is 10.2. The van der Waals surface area contributed by atoms with E-state index in [1.807, 2.05) is 24.3 Å². The van der Waals surface area contributed by atoms with Crippen LogP contribution >= 0.6 is 11.6 Å². The number of hydrogen-bond donors (Lipinski definition) is 2. The molecule has 2 rings (SSSR count). The highest BCUT2D eigenvalue weighted by molar-refractivity contribution is 6.30. The first-order chi connectivity index (χ1) is 9.11. The van der Waals surface area contributed by atoms with Crippen LogP contribution in [0, 0.1) is 11.8 Å². The van der Waals surface area contributed by atoms with Crippen LogP contribution < -0.4 is 5.32 Å². The summed E-state index contributed by atoms with van der Waals surface area (Å²) in [6.45, 7) is 5.21. The molecular formula is C16H24ClNO. The molecule has 0 amide bonds. The molecule has 4 atom stereocenters. The van der Waals surface area contributed by atoms with E-state index in [2.05, 4.69) is 19.2 Å². The van der Waals surface area contributed by atoms with Crippen LogP contribution in [0.25, 0.3) is 0 Å². The van der Waals surface area contributed by atoms with Gasteiger partial charge in [0.15, 0.2) is 0 Å². The number of aliphatic hydroxyl groups excluding tert-OH is 1. The molecule has 2 N–H and O–H groups in total. The third-order valence-electron chi connectivity index (χ3n) is 4.58. The molecular weight excluding hydrogens is 258 g/mol. The van der Waals surface area contributed by atoms with Gasteiger partial charge in [0.25, 0.3) is 0 Å². The standard InChI is InChI=1S/C16H24ClNO/c1-3-12-6-9-15(11(12)2)18-10-16(19)13-4-7-14(17)8-5-13/h4-5,7-8,11-12,15-16,18-19H,3,6,9-10H2,1-2H3. The van der Waals surface area contributed by atoms with Gasteiger partial charge in [0.05, 0.1) is 6.10 Å². The lowest BCUT2D eigenvalue weighted by atomic mass is 9.93. The van der Waals surface area contributed by atoms with Crippen LogP contribution in [0.3, 0.4) is 0 Å². The Balaban J connectivity index is 1.84. The first-order valence-electron chi connectivity index (χ1n) is 7.28. The van der Waals surface area contributed by atoms with Gasteiger partial charge in [0.2, 0.25) is 0 Å². The van der Waals surface area contributed by atoms with E-state index in [9.17, 15) is 5.11 Å². The molecule has 1 aliphatic rings. The maximum absolute atomic E-state index is 10.2. The fraction of sp³-hybridized carbons (Fsp3) is 0.625. The molecule has 1 aromatic carbocycles. The van der Waals surface area contributed by atoms with Crippen molar-refractivity contribution in [3.63, 3.8) is 0 Å². The van der Waals surface area contributed by atoms with Crippen molar-refractivity contribution in [1.29, 1.82) is 0 Å². The molecule has 1 saturated carbocycles. The van der Waals surface area contributed by atoms with Crippen molar-refractivity contribution in [2.45, 2.75) is 45.3 Å². The highest BCUT2D eigenvalue weighted by Crippen LogP contribution is 2.34. The maximum Gasteiger partial charge on any atom is 0.0914 e. The summed E-state index contributed by atoms with van der Waals surface area (Å²) in [6, 6.07) is 7.98. The van der Waals surface area contributed by atoms with Crippen molar-refractivity contribution in [3.8, 4) is 0 Å². The summed E-state index contributed by atoms with van der Waals surface area (Å²) in [6.07, 6.45) is 3.35. The van der Waals surface area contributed by atoms with E-state index in [1.54, 1.807) is 0 Å². The molecule has 0 spiro atoms. The van der Waals surface area contributed by atoms with Crippen LogP contribution in [0.15, 0.2) is 24.3 Å². The van der Waals surface area contributed by atoms with E-state index in [0.717, 1.165) is 11.5 Å². The highest BCUT2D eigenvalue weighted by Gasteiger charge is 2.31. The Morgan fingerprint density at radius 1 is 1.32 bits per heavy atom. The number of nitrogens with one attached hydrogen (secondary N) is 1. The summed E-state index contributed by atoms with van der Waals surface area (Å²) in [4.78, 5) is 0. The fourth-order valence-electron chi connectivity index (χ4n) is 3.18. The lowest BCUT2D eigenvalue weighted by Gasteiger charge is -2.22. The molecule has 3 heteroatoms. The van der Waals surface area contributed by atoms with Crippen molar-refractivity contribution in [1.82, 2.24) is 5.32 Å². The highest BCUT2D eigenvalue weighted by atomic mass is 35.5. The van der Waals surface area contributed by atoms with Gasteiger partial charge < -0.3 is 10.4 Å². The summed E-state index contributed by atoms with van der Waals surface area (Å²) in [5.74, 6) is 1.55. The van der Waals surface area contributed by atoms with Crippen molar-refractivity contribution in [2.24, 2.45) is 11.8 Å². The Labute approximate surface area is 121 Å². The molecule has 4 unspecified atom stereocenters. The number of halogens is 1. The third kappa shape index (κ3) is 3.71. The predicted octanol–water partition coefficient (Wildman–Crippen LogP) is 3.79. The molecule has 0 aliphatic heterocycles. The fourth-order valence-corrected chi connectivity index (χ4v) is 3.30. The van der Waals surface area contributed by atoms with E-state index in [-0.39, 0.29) is 0 Å². The van der Waals surface area contributed by atoms with Gasteiger partial charge in [-0.25, -0.2) is 0 Å². The van der Waals surface area contributed by atoms with Crippen LogP contribution in [-0.4, -0.2) is 17.7 Å². The van der Waals surface area contributed by atoms with Crippen LogP contribution in [-0.2, 0) is 0 Å². The number of aliphatic hydroxyl groups is 1. The normalized spacial score (nSPS) is 28.5. The van der Waals surface area contributed by atoms with Gasteiger partial charge >= 0.3 is 0 Å². The molecule has 0 aromatic heterocycles. The average molecular weight is 282 g/mol. The minimum absolute atomic E-state index is 0.454. The molecule has 1 aliphatic carbocycles. The zero-order valence-electron chi connectivity index (χ0n) is 11.8. The average Bonchev–Trinajstić information content (AvgIpc) is 2.77. The molecule has 0 bridgehead atoms. The van der Waals surface area contributed by atoms with E-state index < -0.39 is 6.10 Å². The Hall–Kier alpha value is -0.570. The monoisotopic (exact) mass is 281 g/mol. The predicted molar refractivity (Wildman–Crippen MR) is 80.4 cm³/mol. The molecule has 0 saturated heterocycles. The van der Waals surface area contributed by atoms with Gasteiger partial charge in [-0.2, -0.15) is 0 Å². The summed E-state index contributed by atoms with van der Waals surface area (Å²) >= 11 is 5.85. The van der Waals surface area contributed by atoms with Gasteiger partial charge in [0.1, 0.15) is 0 Å². The topological polar surface area (TPSA) is 32.3 Å². The van der Waals surface area contributed by atoms with Crippen molar-refractivity contribution >= 4 is 11.6 Å². The smallest absolute Gasteiger partial charge is 0.0914 e. The molecule has 1 aromatic rings. The van der Waals surface area contributed by atoms with Gasteiger partial charge in [-0.1, -0.05) is 44.0 Å². The second-order valence-electron chi connectivity index (χ2n) is 5.69.